The van der Waals surface area contributed by atoms with E-state index in [0.29, 0.717) is 17.4 Å². The Hall–Kier alpha value is -1.04. The molecule has 102 valence electrons. The van der Waals surface area contributed by atoms with Crippen LogP contribution in [0.5, 0.6) is 5.75 Å². The molecule has 0 fully saturated rings. The summed E-state index contributed by atoms with van der Waals surface area (Å²) in [6.07, 6.45) is 0. The molecular weight excluding hydrogens is 332 g/mol. The van der Waals surface area contributed by atoms with E-state index in [4.69, 9.17) is 16.3 Å². The predicted molar refractivity (Wildman–Crippen MR) is 77.4 cm³/mol. The van der Waals surface area contributed by atoms with Gasteiger partial charge in [-0.2, -0.15) is 5.10 Å². The van der Waals surface area contributed by atoms with Gasteiger partial charge in [-0.3, -0.25) is 4.68 Å². The topological polar surface area (TPSA) is 47.3 Å². The molecule has 1 aromatic carbocycles. The zero-order valence-corrected chi connectivity index (χ0v) is 13.0. The molecule has 0 spiro atoms. The van der Waals surface area contributed by atoms with E-state index in [-0.39, 0.29) is 6.61 Å². The van der Waals surface area contributed by atoms with E-state index in [1.165, 1.54) is 0 Å². The van der Waals surface area contributed by atoms with Gasteiger partial charge >= 0.3 is 0 Å². The third-order valence-corrected chi connectivity index (χ3v) is 4.09. The van der Waals surface area contributed by atoms with Gasteiger partial charge in [0, 0.05) is 11.5 Å². The van der Waals surface area contributed by atoms with Crippen LogP contribution in [0.1, 0.15) is 17.0 Å². The van der Waals surface area contributed by atoms with E-state index in [0.717, 1.165) is 21.4 Å². The lowest BCUT2D eigenvalue weighted by Gasteiger charge is -2.09. The second-order valence-electron chi connectivity index (χ2n) is 4.17. The van der Waals surface area contributed by atoms with Gasteiger partial charge in [0.25, 0.3) is 0 Å². The average molecular weight is 346 g/mol. The van der Waals surface area contributed by atoms with Crippen molar-refractivity contribution < 1.29 is 9.84 Å². The van der Waals surface area contributed by atoms with Crippen LogP contribution in [-0.4, -0.2) is 14.9 Å². The standard InChI is InChI=1S/C13H14BrClN2O2/c1-8-13(15)12(17(2)16-8)7-19-10-3-4-11(14)9(5-10)6-18/h3-5,18H,6-7H2,1-2H3. The van der Waals surface area contributed by atoms with Crippen molar-refractivity contribution in [3.63, 3.8) is 0 Å². The van der Waals surface area contributed by atoms with Crippen molar-refractivity contribution in [2.45, 2.75) is 20.1 Å². The highest BCUT2D eigenvalue weighted by Gasteiger charge is 2.11. The Morgan fingerprint density at radius 1 is 1.47 bits per heavy atom. The molecule has 0 aliphatic heterocycles. The number of rotatable bonds is 4. The maximum atomic E-state index is 9.20. The first-order valence-electron chi connectivity index (χ1n) is 5.73. The number of nitrogens with zero attached hydrogens (tertiary/aromatic N) is 2. The smallest absolute Gasteiger partial charge is 0.131 e. The van der Waals surface area contributed by atoms with E-state index in [1.54, 1.807) is 10.7 Å². The largest absolute Gasteiger partial charge is 0.487 e. The summed E-state index contributed by atoms with van der Waals surface area (Å²) >= 11 is 9.52. The zero-order valence-electron chi connectivity index (χ0n) is 10.7. The lowest BCUT2D eigenvalue weighted by atomic mass is 10.2. The van der Waals surface area contributed by atoms with E-state index >= 15 is 0 Å². The van der Waals surface area contributed by atoms with Gasteiger partial charge in [0.2, 0.25) is 0 Å². The van der Waals surface area contributed by atoms with E-state index in [2.05, 4.69) is 21.0 Å². The molecule has 0 saturated carbocycles. The summed E-state index contributed by atoms with van der Waals surface area (Å²) in [6, 6.07) is 5.47. The highest BCUT2D eigenvalue weighted by molar-refractivity contribution is 9.10. The third kappa shape index (κ3) is 3.11. The van der Waals surface area contributed by atoms with Crippen LogP contribution in [0.25, 0.3) is 0 Å². The van der Waals surface area contributed by atoms with Crippen molar-refractivity contribution in [1.82, 2.24) is 9.78 Å². The molecule has 0 unspecified atom stereocenters. The fourth-order valence-electron chi connectivity index (χ4n) is 1.75. The van der Waals surface area contributed by atoms with Crippen molar-refractivity contribution in [1.29, 1.82) is 0 Å². The Morgan fingerprint density at radius 2 is 2.21 bits per heavy atom. The third-order valence-electron chi connectivity index (χ3n) is 2.82. The molecule has 0 amide bonds. The molecule has 0 aliphatic rings. The predicted octanol–water partition coefficient (Wildman–Crippen LogP) is 3.22. The number of hydrogen-bond donors (Lipinski definition) is 1. The number of hydrogen-bond acceptors (Lipinski definition) is 3. The molecule has 0 saturated heterocycles. The Morgan fingerprint density at radius 3 is 2.79 bits per heavy atom. The highest BCUT2D eigenvalue weighted by atomic mass is 79.9. The Bertz CT molecular complexity index is 599. The van der Waals surface area contributed by atoms with Crippen LogP contribution in [-0.2, 0) is 20.3 Å². The number of halogens is 2. The number of aromatic nitrogens is 2. The minimum absolute atomic E-state index is 0.0383. The van der Waals surface area contributed by atoms with Crippen molar-refractivity contribution in [3.8, 4) is 5.75 Å². The normalized spacial score (nSPS) is 10.8. The molecule has 0 aliphatic carbocycles. The summed E-state index contributed by atoms with van der Waals surface area (Å²) in [7, 11) is 1.83. The second kappa shape index (κ2) is 5.94. The number of aliphatic hydroxyl groups is 1. The summed E-state index contributed by atoms with van der Waals surface area (Å²) in [5.41, 5.74) is 2.40. The van der Waals surface area contributed by atoms with E-state index in [1.807, 2.05) is 26.1 Å². The first-order chi connectivity index (χ1) is 9.02. The Balaban J connectivity index is 2.14. The average Bonchev–Trinajstić information content (AvgIpc) is 2.63. The lowest BCUT2D eigenvalue weighted by Crippen LogP contribution is -2.04. The van der Waals surface area contributed by atoms with Crippen molar-refractivity contribution in [3.05, 3.63) is 44.6 Å². The van der Waals surface area contributed by atoms with E-state index in [9.17, 15) is 5.11 Å². The summed E-state index contributed by atoms with van der Waals surface area (Å²) in [4.78, 5) is 0. The number of benzene rings is 1. The molecule has 1 aromatic heterocycles. The van der Waals surface area contributed by atoms with Crippen molar-refractivity contribution in [2.75, 3.05) is 0 Å². The summed E-state index contributed by atoms with van der Waals surface area (Å²) in [6.45, 7) is 2.15. The van der Waals surface area contributed by atoms with Gasteiger partial charge in [-0.05, 0) is 30.7 Å². The number of aryl methyl sites for hydroxylation is 2. The Labute approximate surface area is 125 Å². The molecule has 2 aromatic rings. The van der Waals surface area contributed by atoms with Crippen LogP contribution in [0.3, 0.4) is 0 Å². The Kier molecular flexibility index (Phi) is 4.50. The zero-order chi connectivity index (χ0) is 14.0. The van der Waals surface area contributed by atoms with Gasteiger partial charge in [-0.25, -0.2) is 0 Å². The fraction of sp³-hybridized carbons (Fsp3) is 0.308. The van der Waals surface area contributed by atoms with Gasteiger partial charge < -0.3 is 9.84 Å². The highest BCUT2D eigenvalue weighted by Crippen LogP contribution is 2.25. The van der Waals surface area contributed by atoms with Crippen molar-refractivity contribution in [2.24, 2.45) is 7.05 Å². The van der Waals surface area contributed by atoms with Gasteiger partial charge in [0.1, 0.15) is 12.4 Å². The lowest BCUT2D eigenvalue weighted by molar-refractivity contribution is 0.275. The molecule has 0 atom stereocenters. The molecule has 1 N–H and O–H groups in total. The minimum Gasteiger partial charge on any atom is -0.487 e. The molecule has 4 nitrogen and oxygen atoms in total. The molecule has 6 heteroatoms. The summed E-state index contributed by atoms with van der Waals surface area (Å²) in [5, 5.41) is 14.1. The van der Waals surface area contributed by atoms with Crippen LogP contribution in [0.15, 0.2) is 22.7 Å². The van der Waals surface area contributed by atoms with Gasteiger partial charge in [0.15, 0.2) is 0 Å². The minimum atomic E-state index is -0.0383. The molecule has 2 rings (SSSR count). The number of aliphatic hydroxyl groups excluding tert-OH is 1. The first kappa shape index (κ1) is 14.4. The summed E-state index contributed by atoms with van der Waals surface area (Å²) < 4.78 is 8.26. The van der Waals surface area contributed by atoms with E-state index < -0.39 is 0 Å². The molecule has 0 radical (unpaired) electrons. The van der Waals surface area contributed by atoms with Gasteiger partial charge in [-0.1, -0.05) is 27.5 Å². The molecular formula is C13H14BrClN2O2. The first-order valence-corrected chi connectivity index (χ1v) is 6.90. The monoisotopic (exact) mass is 344 g/mol. The summed E-state index contributed by atoms with van der Waals surface area (Å²) in [5.74, 6) is 0.683. The SMILES string of the molecule is Cc1nn(C)c(COc2ccc(Br)c(CO)c2)c1Cl. The second-order valence-corrected chi connectivity index (χ2v) is 5.40. The molecule has 1 heterocycles. The van der Waals surface area contributed by atoms with Crippen LogP contribution in [0, 0.1) is 6.92 Å². The van der Waals surface area contributed by atoms with Crippen LogP contribution in [0.2, 0.25) is 5.02 Å². The maximum absolute atomic E-state index is 9.20. The van der Waals surface area contributed by atoms with Gasteiger partial charge in [0.05, 0.1) is 23.0 Å². The van der Waals surface area contributed by atoms with Crippen molar-refractivity contribution >= 4 is 27.5 Å². The quantitative estimate of drug-likeness (QED) is 0.925. The fourth-order valence-corrected chi connectivity index (χ4v) is 2.34. The number of ether oxygens (including phenoxy) is 1. The maximum Gasteiger partial charge on any atom is 0.131 e. The molecule has 19 heavy (non-hydrogen) atoms. The van der Waals surface area contributed by atoms with Crippen LogP contribution < -0.4 is 4.74 Å². The van der Waals surface area contributed by atoms with Crippen LogP contribution in [0.4, 0.5) is 0 Å². The van der Waals surface area contributed by atoms with Crippen LogP contribution >= 0.6 is 27.5 Å². The van der Waals surface area contributed by atoms with Gasteiger partial charge in [-0.15, -0.1) is 0 Å². The molecule has 0 bridgehead atoms.